The van der Waals surface area contributed by atoms with Crippen LogP contribution in [0.25, 0.3) is 0 Å². The number of hydrogen-bond donors (Lipinski definition) is 3. The average Bonchev–Trinajstić information content (AvgIpc) is 3.37. The fraction of sp³-hybridized carbons (Fsp3) is 0.571. The fourth-order valence-corrected chi connectivity index (χ4v) is 3.30. The van der Waals surface area contributed by atoms with Gasteiger partial charge in [0.05, 0.1) is 13.0 Å². The van der Waals surface area contributed by atoms with E-state index in [9.17, 15) is 14.4 Å². The second-order valence-corrected chi connectivity index (χ2v) is 8.64. The van der Waals surface area contributed by atoms with Crippen molar-refractivity contribution in [1.29, 1.82) is 0 Å². The van der Waals surface area contributed by atoms with Crippen molar-refractivity contribution in [3.05, 3.63) is 30.0 Å². The fourth-order valence-electron chi connectivity index (χ4n) is 3.15. The number of aromatic nitrogens is 1. The van der Waals surface area contributed by atoms with Gasteiger partial charge in [0.1, 0.15) is 25.0 Å². The molecular formula is C21H28N4O6S. The monoisotopic (exact) mass is 464 g/mol. The highest BCUT2D eigenvalue weighted by Crippen LogP contribution is 2.23. The van der Waals surface area contributed by atoms with Gasteiger partial charge in [-0.25, -0.2) is 14.8 Å². The number of thiol groups is 1. The minimum atomic E-state index is -1.24. The lowest BCUT2D eigenvalue weighted by Gasteiger charge is -2.26. The van der Waals surface area contributed by atoms with E-state index in [2.05, 4.69) is 33.2 Å². The lowest BCUT2D eigenvalue weighted by molar-refractivity contribution is -0.153. The summed E-state index contributed by atoms with van der Waals surface area (Å²) in [6.07, 6.45) is 4.57. The molecule has 174 valence electrons. The highest BCUT2D eigenvalue weighted by atomic mass is 32.1. The minimum absolute atomic E-state index is 0.0119. The van der Waals surface area contributed by atoms with Gasteiger partial charge in [-0.15, -0.1) is 0 Å². The van der Waals surface area contributed by atoms with Crippen molar-refractivity contribution in [3.63, 3.8) is 0 Å². The van der Waals surface area contributed by atoms with Crippen LogP contribution in [0.4, 0.5) is 0 Å². The Hall–Kier alpha value is -2.82. The predicted octanol–water partition coefficient (Wildman–Crippen LogP) is 1.16. The zero-order chi connectivity index (χ0) is 23.3. The van der Waals surface area contributed by atoms with Crippen LogP contribution in [0, 0.1) is 5.92 Å². The summed E-state index contributed by atoms with van der Waals surface area (Å²) >= 11 is 4.16. The maximum absolute atomic E-state index is 13.0. The van der Waals surface area contributed by atoms with E-state index in [0.717, 1.165) is 0 Å². The van der Waals surface area contributed by atoms with Crippen LogP contribution in [0.2, 0.25) is 0 Å². The number of nitrogens with one attached hydrogen (secondary N) is 2. The molecular weight excluding hydrogens is 436 g/mol. The van der Waals surface area contributed by atoms with Gasteiger partial charge in [0.25, 0.3) is 5.91 Å². The molecule has 3 unspecified atom stereocenters. The SMILES string of the molecule is CC(C)C1NC(=O)C2(C)COC(=N2)c2coc(n2)CNC(=O)CC(C=CCCS)OC1=O. The molecule has 11 heteroatoms. The topological polar surface area (TPSA) is 132 Å². The number of hydrogen-bond acceptors (Lipinski definition) is 9. The molecule has 32 heavy (non-hydrogen) atoms. The molecule has 1 aromatic rings. The van der Waals surface area contributed by atoms with Crippen molar-refractivity contribution in [2.75, 3.05) is 12.4 Å². The Kier molecular flexibility index (Phi) is 7.60. The van der Waals surface area contributed by atoms with E-state index in [4.69, 9.17) is 13.9 Å². The highest BCUT2D eigenvalue weighted by molar-refractivity contribution is 7.80. The Morgan fingerprint density at radius 1 is 1.34 bits per heavy atom. The summed E-state index contributed by atoms with van der Waals surface area (Å²) in [6.45, 7) is 5.23. The maximum Gasteiger partial charge on any atom is 0.329 e. The van der Waals surface area contributed by atoms with Gasteiger partial charge in [0.2, 0.25) is 17.7 Å². The van der Waals surface area contributed by atoms with Gasteiger partial charge in [-0.1, -0.05) is 19.9 Å². The summed E-state index contributed by atoms with van der Waals surface area (Å²) in [6, 6.07) is -0.922. The van der Waals surface area contributed by atoms with Crippen LogP contribution in [0.5, 0.6) is 0 Å². The standard InChI is InChI=1S/C21H28N4O6S/c1-12(2)17-19(27)31-13(6-4-5-7-32)8-15(26)22-9-16-23-14(10-29-16)18-25-21(3,11-30-18)20(28)24-17/h4,6,10,12-13,17,32H,5,7-9,11H2,1-3H3,(H,22,26)(H,24,28). The zero-order valence-electron chi connectivity index (χ0n) is 18.3. The Morgan fingerprint density at radius 2 is 2.12 bits per heavy atom. The van der Waals surface area contributed by atoms with Crippen LogP contribution in [0.1, 0.15) is 45.2 Å². The van der Waals surface area contributed by atoms with Crippen molar-refractivity contribution in [1.82, 2.24) is 15.6 Å². The minimum Gasteiger partial charge on any atom is -0.473 e. The van der Waals surface area contributed by atoms with Crippen molar-refractivity contribution < 1.29 is 28.3 Å². The van der Waals surface area contributed by atoms with Crippen LogP contribution in [0.3, 0.4) is 0 Å². The molecule has 2 amide bonds. The van der Waals surface area contributed by atoms with Crippen molar-refractivity contribution in [3.8, 4) is 0 Å². The summed E-state index contributed by atoms with van der Waals surface area (Å²) in [5.41, 5.74) is -0.913. The number of esters is 1. The summed E-state index contributed by atoms with van der Waals surface area (Å²) in [5.74, 6) is -0.678. The second kappa shape index (κ2) is 10.2. The summed E-state index contributed by atoms with van der Waals surface area (Å²) < 4.78 is 16.6. The molecule has 0 aromatic carbocycles. The molecule has 0 fully saturated rings. The molecule has 0 radical (unpaired) electrons. The van der Waals surface area contributed by atoms with Crippen LogP contribution in [-0.4, -0.2) is 58.7 Å². The number of cyclic esters (lactones) is 1. The number of rotatable bonds is 4. The number of nitrogens with zero attached hydrogens (tertiary/aromatic N) is 2. The Balaban J connectivity index is 1.92. The van der Waals surface area contributed by atoms with Crippen molar-refractivity contribution in [2.24, 2.45) is 10.9 Å². The summed E-state index contributed by atoms with van der Waals surface area (Å²) in [5, 5.41) is 5.43. The molecule has 4 bridgehead atoms. The number of fused-ring (bicyclic) bond motifs is 4. The first-order valence-electron chi connectivity index (χ1n) is 10.4. The van der Waals surface area contributed by atoms with E-state index < -0.39 is 29.6 Å². The molecule has 1 aromatic heterocycles. The van der Waals surface area contributed by atoms with Gasteiger partial charge < -0.3 is 24.5 Å². The van der Waals surface area contributed by atoms with E-state index >= 15 is 0 Å². The molecule has 3 rings (SSSR count). The van der Waals surface area contributed by atoms with Crippen LogP contribution in [0.15, 0.2) is 27.8 Å². The van der Waals surface area contributed by atoms with Gasteiger partial charge in [0, 0.05) is 0 Å². The van der Waals surface area contributed by atoms with Crippen LogP contribution in [-0.2, 0) is 30.4 Å². The molecule has 2 N–H and O–H groups in total. The molecule has 2 aliphatic heterocycles. The van der Waals surface area contributed by atoms with Gasteiger partial charge in [-0.05, 0) is 31.1 Å². The van der Waals surface area contributed by atoms with Gasteiger partial charge in [-0.2, -0.15) is 12.6 Å². The highest BCUT2D eigenvalue weighted by Gasteiger charge is 2.43. The van der Waals surface area contributed by atoms with E-state index in [1.165, 1.54) is 6.26 Å². The largest absolute Gasteiger partial charge is 0.473 e. The lowest BCUT2D eigenvalue weighted by Crippen LogP contribution is -2.53. The number of ether oxygens (including phenoxy) is 2. The lowest BCUT2D eigenvalue weighted by atomic mass is 10.00. The number of oxazole rings is 1. The Labute approximate surface area is 191 Å². The number of aliphatic imine (C=N–C) groups is 1. The molecule has 2 aliphatic rings. The second-order valence-electron chi connectivity index (χ2n) is 8.20. The van der Waals surface area contributed by atoms with Crippen LogP contribution >= 0.6 is 12.6 Å². The molecule has 0 spiro atoms. The predicted molar refractivity (Wildman–Crippen MR) is 118 cm³/mol. The first-order chi connectivity index (χ1) is 15.2. The number of carbonyl (C=O) groups is 3. The van der Waals surface area contributed by atoms with E-state index in [-0.39, 0.29) is 43.2 Å². The molecule has 3 heterocycles. The smallest absolute Gasteiger partial charge is 0.329 e. The van der Waals surface area contributed by atoms with Crippen molar-refractivity contribution in [2.45, 2.75) is 57.8 Å². The maximum atomic E-state index is 13.0. The van der Waals surface area contributed by atoms with Crippen molar-refractivity contribution >= 4 is 36.3 Å². The summed E-state index contributed by atoms with van der Waals surface area (Å²) in [4.78, 5) is 47.0. The van der Waals surface area contributed by atoms with E-state index in [1.807, 2.05) is 0 Å². The van der Waals surface area contributed by atoms with Gasteiger partial charge in [-0.3, -0.25) is 9.59 Å². The van der Waals surface area contributed by atoms with E-state index in [1.54, 1.807) is 32.9 Å². The van der Waals surface area contributed by atoms with Gasteiger partial charge >= 0.3 is 5.97 Å². The first kappa shape index (κ1) is 23.8. The molecule has 0 saturated carbocycles. The average molecular weight is 465 g/mol. The molecule has 0 aliphatic carbocycles. The number of amides is 2. The Morgan fingerprint density at radius 3 is 2.84 bits per heavy atom. The molecule has 10 nitrogen and oxygen atoms in total. The third-order valence-electron chi connectivity index (χ3n) is 5.04. The third-order valence-corrected chi connectivity index (χ3v) is 5.30. The zero-order valence-corrected chi connectivity index (χ0v) is 19.2. The molecule has 0 saturated heterocycles. The van der Waals surface area contributed by atoms with E-state index in [0.29, 0.717) is 17.9 Å². The Bertz CT molecular complexity index is 927. The third kappa shape index (κ3) is 5.70. The summed E-state index contributed by atoms with van der Waals surface area (Å²) in [7, 11) is 0. The first-order valence-corrected chi connectivity index (χ1v) is 11.1. The normalized spacial score (nSPS) is 27.0. The van der Waals surface area contributed by atoms with Gasteiger partial charge in [0.15, 0.2) is 11.2 Å². The number of allylic oxidation sites excluding steroid dienone is 1. The quantitative estimate of drug-likeness (QED) is 0.346. The number of carbonyl (C=O) groups excluding carboxylic acids is 3. The molecule has 3 atom stereocenters. The van der Waals surface area contributed by atoms with Crippen LogP contribution < -0.4 is 10.6 Å².